The Morgan fingerprint density at radius 1 is 0.525 bits per heavy atom. The minimum absolute atomic E-state index is 0.111. The normalized spacial score (nSPS) is 11.1. The average molecular weight is 583 g/mol. The van der Waals surface area contributed by atoms with Crippen LogP contribution in [0, 0.1) is 11.3 Å². The minimum atomic E-state index is -1.11. The van der Waals surface area contributed by atoms with Gasteiger partial charge in [0, 0.05) is 12.8 Å². The Labute approximate surface area is 242 Å². The summed E-state index contributed by atoms with van der Waals surface area (Å²) in [5, 5.41) is 59.2. The van der Waals surface area contributed by atoms with Gasteiger partial charge in [-0.05, 0) is 25.7 Å². The molecule has 0 saturated carbocycles. The van der Waals surface area contributed by atoms with E-state index in [0.717, 1.165) is 51.4 Å². The molecule has 242 valence electrons. The Hall–Kier alpha value is -1.75. The van der Waals surface area contributed by atoms with Gasteiger partial charge in [-0.3, -0.25) is 14.4 Å². The summed E-state index contributed by atoms with van der Waals surface area (Å²) < 4.78 is 0. The van der Waals surface area contributed by atoms with Gasteiger partial charge >= 0.3 is 17.9 Å². The van der Waals surface area contributed by atoms with Crippen molar-refractivity contribution < 1.29 is 50.1 Å². The second-order valence-electron chi connectivity index (χ2n) is 10.2. The molecule has 0 amide bonds. The van der Waals surface area contributed by atoms with Crippen LogP contribution in [0.2, 0.25) is 0 Å². The molecule has 1 unspecified atom stereocenters. The van der Waals surface area contributed by atoms with E-state index in [-0.39, 0.29) is 5.92 Å². The van der Waals surface area contributed by atoms with Gasteiger partial charge in [-0.2, -0.15) is 0 Å². The second-order valence-corrected chi connectivity index (χ2v) is 10.2. The van der Waals surface area contributed by atoms with Crippen molar-refractivity contribution in [2.24, 2.45) is 11.3 Å². The molecule has 10 nitrogen and oxygen atoms in total. The molecule has 0 aromatic heterocycles. The van der Waals surface area contributed by atoms with E-state index in [4.69, 9.17) is 35.7 Å². The van der Waals surface area contributed by atoms with E-state index in [9.17, 15) is 14.4 Å². The van der Waals surface area contributed by atoms with Gasteiger partial charge in [0.2, 0.25) is 0 Å². The molecule has 0 aromatic rings. The smallest absolute Gasteiger partial charge is 0.306 e. The largest absolute Gasteiger partial charge is 0.481 e. The molecule has 0 aromatic carbocycles. The van der Waals surface area contributed by atoms with E-state index >= 15 is 0 Å². The average Bonchev–Trinajstić information content (AvgIpc) is 2.93. The van der Waals surface area contributed by atoms with Crippen molar-refractivity contribution in [2.75, 3.05) is 26.4 Å². The third-order valence-electron chi connectivity index (χ3n) is 6.33. The first-order chi connectivity index (χ1) is 19.0. The van der Waals surface area contributed by atoms with E-state index in [1.54, 1.807) is 0 Å². The topological polar surface area (TPSA) is 193 Å². The van der Waals surface area contributed by atoms with Crippen molar-refractivity contribution in [1.82, 2.24) is 0 Å². The molecule has 0 bridgehead atoms. The van der Waals surface area contributed by atoms with Crippen LogP contribution in [-0.4, -0.2) is 80.1 Å². The highest BCUT2D eigenvalue weighted by atomic mass is 16.4. The maximum Gasteiger partial charge on any atom is 0.306 e. The van der Waals surface area contributed by atoms with Gasteiger partial charge in [0.15, 0.2) is 0 Å². The summed E-state index contributed by atoms with van der Waals surface area (Å²) in [6, 6.07) is 0. The number of carboxylic acid groups (broad SMARTS) is 3. The first-order valence-electron chi connectivity index (χ1n) is 15.1. The van der Waals surface area contributed by atoms with E-state index < -0.39 is 49.8 Å². The van der Waals surface area contributed by atoms with Crippen LogP contribution < -0.4 is 0 Å². The van der Waals surface area contributed by atoms with Gasteiger partial charge in [0.1, 0.15) is 0 Å². The molecule has 10 heteroatoms. The van der Waals surface area contributed by atoms with Crippen molar-refractivity contribution in [3.63, 3.8) is 0 Å². The van der Waals surface area contributed by atoms with Crippen LogP contribution in [0.25, 0.3) is 0 Å². The summed E-state index contributed by atoms with van der Waals surface area (Å²) >= 11 is 0. The Morgan fingerprint density at radius 2 is 0.850 bits per heavy atom. The molecule has 40 heavy (non-hydrogen) atoms. The molecule has 0 rings (SSSR count). The summed E-state index contributed by atoms with van der Waals surface area (Å²) in [6.07, 6.45) is 16.8. The summed E-state index contributed by atoms with van der Waals surface area (Å²) in [7, 11) is 0. The van der Waals surface area contributed by atoms with E-state index in [0.29, 0.717) is 12.8 Å². The van der Waals surface area contributed by atoms with Crippen LogP contribution in [-0.2, 0) is 14.4 Å². The minimum Gasteiger partial charge on any atom is -0.481 e. The Morgan fingerprint density at radius 3 is 1.07 bits per heavy atom. The molecule has 0 aliphatic carbocycles. The summed E-state index contributed by atoms with van der Waals surface area (Å²) in [4.78, 5) is 30.6. The zero-order valence-corrected chi connectivity index (χ0v) is 25.8. The molecule has 0 heterocycles. The fourth-order valence-corrected chi connectivity index (χ4v) is 3.19. The molecule has 1 atom stereocenters. The summed E-state index contributed by atoms with van der Waals surface area (Å²) in [6.45, 7) is 6.71. The molecule has 0 radical (unpaired) electrons. The standard InChI is InChI=1S/C9H18O2.2C8H16O2.C5H12O4/c1-2-3-4-5-6-7-8-9(10)11;1-3-5-6-7(4-2)8(9)10;1-2-3-4-5-6-7-8(9)10;6-1-5(2-7,3-8)4-9/h2-8H2,1H3,(H,10,11);7H,3-6H2,1-2H3,(H,9,10);2-7H2,1H3,(H,9,10);6-9H,1-4H2. The maximum atomic E-state index is 10.4. The SMILES string of the molecule is CCCCC(CC)C(=O)O.CCCCCCCC(=O)O.CCCCCCCCC(=O)O.OCC(CO)(CO)CO. The predicted molar refractivity (Wildman–Crippen MR) is 158 cm³/mol. The summed E-state index contributed by atoms with van der Waals surface area (Å²) in [5.41, 5.74) is -1.11. The van der Waals surface area contributed by atoms with E-state index in [1.807, 2.05) is 6.92 Å². The highest BCUT2D eigenvalue weighted by Crippen LogP contribution is 2.12. The molecular formula is C30H62O10. The fraction of sp³-hybridized carbons (Fsp3) is 0.900. The van der Waals surface area contributed by atoms with Crippen molar-refractivity contribution in [1.29, 1.82) is 0 Å². The van der Waals surface area contributed by atoms with Gasteiger partial charge in [0.25, 0.3) is 0 Å². The number of unbranched alkanes of at least 4 members (excludes halogenated alkanes) is 10. The number of hydrogen-bond donors (Lipinski definition) is 7. The van der Waals surface area contributed by atoms with Crippen LogP contribution in [0.4, 0.5) is 0 Å². The van der Waals surface area contributed by atoms with Crippen LogP contribution >= 0.6 is 0 Å². The maximum absolute atomic E-state index is 10.4. The lowest BCUT2D eigenvalue weighted by atomic mass is 9.93. The van der Waals surface area contributed by atoms with E-state index in [1.165, 1.54) is 44.9 Å². The third-order valence-corrected chi connectivity index (χ3v) is 6.33. The quantitative estimate of drug-likeness (QED) is 0.0803. The summed E-state index contributed by atoms with van der Waals surface area (Å²) in [5.74, 6) is -2.09. The number of rotatable bonds is 22. The van der Waals surface area contributed by atoms with Crippen LogP contribution in [0.5, 0.6) is 0 Å². The van der Waals surface area contributed by atoms with Crippen molar-refractivity contribution in [2.45, 2.75) is 137 Å². The molecule has 0 fully saturated rings. The number of hydrogen-bond acceptors (Lipinski definition) is 7. The monoisotopic (exact) mass is 582 g/mol. The van der Waals surface area contributed by atoms with Crippen molar-refractivity contribution in [3.05, 3.63) is 0 Å². The van der Waals surface area contributed by atoms with Gasteiger partial charge in [-0.15, -0.1) is 0 Å². The van der Waals surface area contributed by atoms with Crippen molar-refractivity contribution in [3.8, 4) is 0 Å². The second kappa shape index (κ2) is 35.3. The Kier molecular flexibility index (Phi) is 39.9. The third kappa shape index (κ3) is 36.2. The van der Waals surface area contributed by atoms with Crippen LogP contribution in [0.3, 0.4) is 0 Å². The lowest BCUT2D eigenvalue weighted by molar-refractivity contribution is -0.142. The van der Waals surface area contributed by atoms with E-state index in [2.05, 4.69) is 20.8 Å². The molecule has 0 aliphatic rings. The number of aliphatic carboxylic acids is 3. The lowest BCUT2D eigenvalue weighted by Gasteiger charge is -2.23. The first-order valence-corrected chi connectivity index (χ1v) is 15.1. The van der Waals surface area contributed by atoms with Gasteiger partial charge in [-0.25, -0.2) is 0 Å². The molecule has 0 spiro atoms. The number of aliphatic hydroxyl groups is 4. The van der Waals surface area contributed by atoms with Crippen molar-refractivity contribution >= 4 is 17.9 Å². The zero-order chi connectivity index (χ0) is 31.7. The first kappa shape index (κ1) is 45.2. The zero-order valence-electron chi connectivity index (χ0n) is 25.8. The number of carboxylic acids is 3. The number of aliphatic hydroxyl groups excluding tert-OH is 4. The highest BCUT2D eigenvalue weighted by molar-refractivity contribution is 5.69. The lowest BCUT2D eigenvalue weighted by Crippen LogP contribution is -2.37. The fourth-order valence-electron chi connectivity index (χ4n) is 3.19. The van der Waals surface area contributed by atoms with Gasteiger partial charge < -0.3 is 35.7 Å². The molecular weight excluding hydrogens is 520 g/mol. The van der Waals surface area contributed by atoms with Gasteiger partial charge in [0.05, 0.1) is 37.8 Å². The Bertz CT molecular complexity index is 533. The molecule has 7 N–H and O–H groups in total. The molecule has 0 aliphatic heterocycles. The predicted octanol–water partition coefficient (Wildman–Crippen LogP) is 5.48. The van der Waals surface area contributed by atoms with Crippen LogP contribution in [0.1, 0.15) is 137 Å². The Balaban J connectivity index is -0.000000217. The highest BCUT2D eigenvalue weighted by Gasteiger charge is 2.26. The number of carbonyl (C=O) groups is 3. The molecule has 0 saturated heterocycles. The van der Waals surface area contributed by atoms with Crippen LogP contribution in [0.15, 0.2) is 0 Å². The van der Waals surface area contributed by atoms with Gasteiger partial charge in [-0.1, -0.05) is 98.3 Å².